The average Bonchev–Trinajstić information content (AvgIpc) is 2.73. The zero-order valence-electron chi connectivity index (χ0n) is 18.0. The largest absolute Gasteiger partial charge is 0.374 e. The third kappa shape index (κ3) is 6.33. The first kappa shape index (κ1) is 25.4. The Kier molecular flexibility index (Phi) is 9.88. The molecule has 7 nitrogen and oxygen atoms in total. The SMILES string of the molecule is Cl.Cl.Cn1ncc(N2CCOC(CCNC3CCC4(CCNCC4)CC3)C2)cc1=O. The van der Waals surface area contributed by atoms with Crippen molar-refractivity contribution in [2.24, 2.45) is 12.5 Å². The Morgan fingerprint density at radius 3 is 2.67 bits per heavy atom. The zero-order valence-corrected chi connectivity index (χ0v) is 19.6. The summed E-state index contributed by atoms with van der Waals surface area (Å²) < 4.78 is 7.34. The van der Waals surface area contributed by atoms with Crippen molar-refractivity contribution in [3.8, 4) is 0 Å². The van der Waals surface area contributed by atoms with Gasteiger partial charge in [0.05, 0.1) is 24.6 Å². The van der Waals surface area contributed by atoms with E-state index in [1.807, 2.05) is 0 Å². The first-order chi connectivity index (χ1) is 13.6. The fourth-order valence-electron chi connectivity index (χ4n) is 5.10. The first-order valence-electron chi connectivity index (χ1n) is 11.0. The van der Waals surface area contributed by atoms with Gasteiger partial charge in [-0.2, -0.15) is 5.10 Å². The van der Waals surface area contributed by atoms with Gasteiger partial charge in [0.1, 0.15) is 0 Å². The average molecular weight is 462 g/mol. The molecule has 0 bridgehead atoms. The molecule has 1 aromatic rings. The van der Waals surface area contributed by atoms with E-state index in [9.17, 15) is 4.79 Å². The molecule has 2 aliphatic heterocycles. The second-order valence-electron chi connectivity index (χ2n) is 8.88. The molecular formula is C21H37Cl2N5O2. The lowest BCUT2D eigenvalue weighted by Gasteiger charge is -2.43. The van der Waals surface area contributed by atoms with Crippen molar-refractivity contribution < 1.29 is 4.74 Å². The van der Waals surface area contributed by atoms with Crippen LogP contribution in [0.1, 0.15) is 44.9 Å². The van der Waals surface area contributed by atoms with Gasteiger partial charge in [-0.15, -0.1) is 24.8 Å². The van der Waals surface area contributed by atoms with Crippen LogP contribution in [0.5, 0.6) is 0 Å². The topological polar surface area (TPSA) is 71.4 Å². The van der Waals surface area contributed by atoms with Crippen molar-refractivity contribution in [2.45, 2.75) is 57.1 Å². The summed E-state index contributed by atoms with van der Waals surface area (Å²) in [5.74, 6) is 0. The molecule has 1 spiro atoms. The van der Waals surface area contributed by atoms with Gasteiger partial charge in [-0.25, -0.2) is 4.68 Å². The number of piperidine rings is 1. The highest BCUT2D eigenvalue weighted by atomic mass is 35.5. The molecule has 3 fully saturated rings. The van der Waals surface area contributed by atoms with Crippen LogP contribution in [0.25, 0.3) is 0 Å². The summed E-state index contributed by atoms with van der Waals surface area (Å²) in [5, 5.41) is 11.4. The third-order valence-corrected chi connectivity index (χ3v) is 7.07. The van der Waals surface area contributed by atoms with E-state index in [1.54, 1.807) is 19.3 Å². The molecule has 9 heteroatoms. The summed E-state index contributed by atoms with van der Waals surface area (Å²) >= 11 is 0. The molecule has 2 N–H and O–H groups in total. The minimum Gasteiger partial charge on any atom is -0.374 e. The Bertz CT molecular complexity index is 701. The minimum atomic E-state index is -0.0639. The molecule has 3 heterocycles. The number of nitrogens with zero attached hydrogens (tertiary/aromatic N) is 3. The van der Waals surface area contributed by atoms with Crippen LogP contribution in [0.4, 0.5) is 5.69 Å². The lowest BCUT2D eigenvalue weighted by molar-refractivity contribution is 0.0340. The molecule has 0 aromatic carbocycles. The number of nitrogens with one attached hydrogen (secondary N) is 2. The fourth-order valence-corrected chi connectivity index (χ4v) is 5.10. The van der Waals surface area contributed by atoms with Crippen molar-refractivity contribution in [3.05, 3.63) is 22.6 Å². The predicted molar refractivity (Wildman–Crippen MR) is 125 cm³/mol. The summed E-state index contributed by atoms with van der Waals surface area (Å²) in [5.41, 5.74) is 1.48. The molecule has 4 rings (SSSR count). The van der Waals surface area contributed by atoms with Gasteiger partial charge in [-0.3, -0.25) is 4.79 Å². The summed E-state index contributed by atoms with van der Waals surface area (Å²) in [4.78, 5) is 14.1. The molecule has 1 saturated carbocycles. The van der Waals surface area contributed by atoms with E-state index in [4.69, 9.17) is 4.74 Å². The van der Waals surface area contributed by atoms with Crippen molar-refractivity contribution in [2.75, 3.05) is 44.2 Å². The molecule has 1 aliphatic carbocycles. The molecule has 0 radical (unpaired) electrons. The molecule has 2 saturated heterocycles. The third-order valence-electron chi connectivity index (χ3n) is 7.07. The summed E-state index contributed by atoms with van der Waals surface area (Å²) in [6.45, 7) is 5.77. The number of hydrogen-bond acceptors (Lipinski definition) is 6. The second-order valence-corrected chi connectivity index (χ2v) is 8.88. The fraction of sp³-hybridized carbons (Fsp3) is 0.810. The van der Waals surface area contributed by atoms with Gasteiger partial charge in [0, 0.05) is 32.2 Å². The number of ether oxygens (including phenoxy) is 1. The van der Waals surface area contributed by atoms with Gasteiger partial charge >= 0.3 is 0 Å². The monoisotopic (exact) mass is 461 g/mol. The summed E-state index contributed by atoms with van der Waals surface area (Å²) in [6, 6.07) is 2.34. The Balaban J connectivity index is 0.00000160. The van der Waals surface area contributed by atoms with Crippen LogP contribution in [0, 0.1) is 5.41 Å². The number of hydrogen-bond donors (Lipinski definition) is 2. The van der Waals surface area contributed by atoms with Gasteiger partial charge in [0.25, 0.3) is 5.56 Å². The quantitative estimate of drug-likeness (QED) is 0.699. The maximum absolute atomic E-state index is 11.9. The molecule has 3 aliphatic rings. The van der Waals surface area contributed by atoms with Crippen molar-refractivity contribution in [1.29, 1.82) is 0 Å². The van der Waals surface area contributed by atoms with Crippen molar-refractivity contribution in [3.63, 3.8) is 0 Å². The standard InChI is InChI=1S/C21H35N5O2.2ClH/c1-25-20(27)14-18(15-24-25)26-12-13-28-19(16-26)4-9-23-17-2-5-21(6-3-17)7-10-22-11-8-21;;/h14-15,17,19,22-23H,2-13,16H2,1H3;2*1H. The van der Waals surface area contributed by atoms with Gasteiger partial charge in [-0.05, 0) is 70.0 Å². The Hall–Kier alpha value is -0.860. The van der Waals surface area contributed by atoms with Crippen LogP contribution in [0.15, 0.2) is 17.1 Å². The van der Waals surface area contributed by atoms with Crippen LogP contribution >= 0.6 is 24.8 Å². The normalized spacial score (nSPS) is 24.2. The van der Waals surface area contributed by atoms with Crippen LogP contribution in [0.3, 0.4) is 0 Å². The Labute approximate surface area is 192 Å². The molecule has 1 aromatic heterocycles. The second kappa shape index (κ2) is 11.7. The minimum absolute atomic E-state index is 0. The van der Waals surface area contributed by atoms with E-state index in [-0.39, 0.29) is 36.5 Å². The molecule has 30 heavy (non-hydrogen) atoms. The van der Waals surface area contributed by atoms with Crippen LogP contribution < -0.4 is 21.1 Å². The smallest absolute Gasteiger partial charge is 0.268 e. The van der Waals surface area contributed by atoms with Crippen molar-refractivity contribution in [1.82, 2.24) is 20.4 Å². The lowest BCUT2D eigenvalue weighted by atomic mass is 9.67. The highest BCUT2D eigenvalue weighted by Crippen LogP contribution is 2.43. The Morgan fingerprint density at radius 2 is 1.97 bits per heavy atom. The number of aromatic nitrogens is 2. The molecule has 1 atom stereocenters. The van der Waals surface area contributed by atoms with Gasteiger partial charge < -0.3 is 20.3 Å². The van der Waals surface area contributed by atoms with E-state index < -0.39 is 0 Å². The van der Waals surface area contributed by atoms with Gasteiger partial charge in [0.15, 0.2) is 0 Å². The summed E-state index contributed by atoms with van der Waals surface area (Å²) in [6.07, 6.45) is 11.1. The van der Waals surface area contributed by atoms with Crippen molar-refractivity contribution >= 4 is 30.5 Å². The number of aryl methyl sites for hydroxylation is 1. The number of morpholine rings is 1. The molecule has 172 valence electrons. The lowest BCUT2D eigenvalue weighted by Crippen LogP contribution is -2.46. The highest BCUT2D eigenvalue weighted by molar-refractivity contribution is 5.85. The summed E-state index contributed by atoms with van der Waals surface area (Å²) in [7, 11) is 1.68. The van der Waals surface area contributed by atoms with Crippen LogP contribution in [-0.2, 0) is 11.8 Å². The van der Waals surface area contributed by atoms with E-state index in [1.165, 1.54) is 56.3 Å². The maximum Gasteiger partial charge on any atom is 0.268 e. The first-order valence-corrected chi connectivity index (χ1v) is 11.0. The predicted octanol–water partition coefficient (Wildman–Crippen LogP) is 2.12. The number of halogens is 2. The van der Waals surface area contributed by atoms with Gasteiger partial charge in [0.2, 0.25) is 0 Å². The maximum atomic E-state index is 11.9. The highest BCUT2D eigenvalue weighted by Gasteiger charge is 2.36. The van der Waals surface area contributed by atoms with E-state index >= 15 is 0 Å². The molecular weight excluding hydrogens is 425 g/mol. The molecule has 0 amide bonds. The number of rotatable bonds is 5. The van der Waals surface area contributed by atoms with E-state index in [0.717, 1.165) is 31.7 Å². The van der Waals surface area contributed by atoms with E-state index in [0.29, 0.717) is 18.1 Å². The van der Waals surface area contributed by atoms with Crippen LogP contribution in [-0.4, -0.2) is 61.3 Å². The van der Waals surface area contributed by atoms with E-state index in [2.05, 4.69) is 20.6 Å². The number of anilines is 1. The zero-order chi connectivity index (χ0) is 19.4. The molecule has 1 unspecified atom stereocenters. The van der Waals surface area contributed by atoms with Gasteiger partial charge in [-0.1, -0.05) is 0 Å². The van der Waals surface area contributed by atoms with Crippen LogP contribution in [0.2, 0.25) is 0 Å². The Morgan fingerprint density at radius 1 is 1.23 bits per heavy atom.